The third kappa shape index (κ3) is 3.27. The first-order valence-corrected chi connectivity index (χ1v) is 9.53. The minimum Gasteiger partial charge on any atom is -0.340 e. The Morgan fingerprint density at radius 3 is 2.62 bits per heavy atom. The molecule has 3 aromatic rings. The molecule has 1 aliphatic heterocycles. The van der Waals surface area contributed by atoms with Crippen LogP contribution >= 0.6 is 11.3 Å². The van der Waals surface area contributed by atoms with Crippen LogP contribution in [0.2, 0.25) is 0 Å². The fourth-order valence-electron chi connectivity index (χ4n) is 3.33. The van der Waals surface area contributed by atoms with Crippen LogP contribution in [0.3, 0.4) is 0 Å². The van der Waals surface area contributed by atoms with Crippen LogP contribution in [0.5, 0.6) is 0 Å². The van der Waals surface area contributed by atoms with E-state index in [9.17, 15) is 9.59 Å². The summed E-state index contributed by atoms with van der Waals surface area (Å²) in [6, 6.07) is 9.90. The van der Waals surface area contributed by atoms with E-state index < -0.39 is 0 Å². The molecule has 0 unspecified atom stereocenters. The number of thiophene rings is 1. The van der Waals surface area contributed by atoms with Crippen LogP contribution in [0.1, 0.15) is 12.7 Å². The van der Waals surface area contributed by atoms with E-state index in [4.69, 9.17) is 0 Å². The Hall–Kier alpha value is -2.51. The molecule has 0 atom stereocenters. The zero-order valence-electron chi connectivity index (χ0n) is 14.6. The van der Waals surface area contributed by atoms with Gasteiger partial charge in [0.2, 0.25) is 5.91 Å². The van der Waals surface area contributed by atoms with Gasteiger partial charge in [0.05, 0.1) is 11.9 Å². The van der Waals surface area contributed by atoms with E-state index in [1.807, 2.05) is 40.6 Å². The summed E-state index contributed by atoms with van der Waals surface area (Å²) >= 11 is 1.50. The molecule has 0 aliphatic carbocycles. The van der Waals surface area contributed by atoms with Crippen molar-refractivity contribution in [1.29, 1.82) is 0 Å². The highest BCUT2D eigenvalue weighted by atomic mass is 32.1. The van der Waals surface area contributed by atoms with E-state index in [-0.39, 0.29) is 11.5 Å². The average Bonchev–Trinajstić information content (AvgIpc) is 3.07. The number of carbonyl (C=O) groups excluding carboxylic acids is 1. The van der Waals surface area contributed by atoms with Crippen LogP contribution in [0, 0.1) is 0 Å². The molecular weight excluding hydrogens is 348 g/mol. The van der Waals surface area contributed by atoms with E-state index in [1.165, 1.54) is 11.3 Å². The number of fused-ring (bicyclic) bond motifs is 1. The predicted molar refractivity (Wildman–Crippen MR) is 103 cm³/mol. The molecule has 2 aromatic heterocycles. The van der Waals surface area contributed by atoms with Crippen molar-refractivity contribution in [2.45, 2.75) is 13.5 Å². The van der Waals surface area contributed by atoms with Crippen molar-refractivity contribution in [2.24, 2.45) is 0 Å². The van der Waals surface area contributed by atoms with E-state index in [0.717, 1.165) is 42.1 Å². The Kier molecular flexibility index (Phi) is 4.57. The summed E-state index contributed by atoms with van der Waals surface area (Å²) < 4.78 is 0. The number of carbonyl (C=O) groups is 1. The summed E-state index contributed by atoms with van der Waals surface area (Å²) in [6.45, 7) is 5.22. The lowest BCUT2D eigenvalue weighted by Crippen LogP contribution is -2.47. The van der Waals surface area contributed by atoms with Gasteiger partial charge >= 0.3 is 0 Å². The number of rotatable bonds is 3. The predicted octanol–water partition coefficient (Wildman–Crippen LogP) is 2.32. The molecule has 0 bridgehead atoms. The molecule has 6 nitrogen and oxygen atoms in total. The SMILES string of the molecule is CC(=O)N1CCN(Cc2nc3scc(-c4ccccc4)c3c(=O)[nH]2)CC1. The largest absolute Gasteiger partial charge is 0.340 e. The fourth-order valence-corrected chi connectivity index (χ4v) is 4.30. The summed E-state index contributed by atoms with van der Waals surface area (Å²) in [6.07, 6.45) is 0. The van der Waals surface area contributed by atoms with Crippen molar-refractivity contribution < 1.29 is 4.79 Å². The number of H-pyrrole nitrogens is 1. The van der Waals surface area contributed by atoms with E-state index in [0.29, 0.717) is 17.8 Å². The van der Waals surface area contributed by atoms with E-state index in [1.54, 1.807) is 6.92 Å². The second kappa shape index (κ2) is 7.01. The molecule has 7 heteroatoms. The highest BCUT2D eigenvalue weighted by Gasteiger charge is 2.20. The number of aromatic amines is 1. The van der Waals surface area contributed by atoms with Crippen molar-refractivity contribution in [3.05, 3.63) is 51.9 Å². The summed E-state index contributed by atoms with van der Waals surface area (Å²) in [5.74, 6) is 0.796. The molecule has 1 saturated heterocycles. The van der Waals surface area contributed by atoms with Crippen molar-refractivity contribution in [3.8, 4) is 11.1 Å². The summed E-state index contributed by atoms with van der Waals surface area (Å²) in [4.78, 5) is 36.6. The summed E-state index contributed by atoms with van der Waals surface area (Å²) in [5.41, 5.74) is 1.87. The number of hydrogen-bond donors (Lipinski definition) is 1. The molecule has 0 saturated carbocycles. The second-order valence-corrected chi connectivity index (χ2v) is 7.35. The number of nitrogens with zero attached hydrogens (tertiary/aromatic N) is 3. The van der Waals surface area contributed by atoms with Gasteiger partial charge in [-0.25, -0.2) is 4.98 Å². The number of aromatic nitrogens is 2. The first-order chi connectivity index (χ1) is 12.6. The van der Waals surface area contributed by atoms with Crippen LogP contribution < -0.4 is 5.56 Å². The van der Waals surface area contributed by atoms with Gasteiger partial charge in [0.15, 0.2) is 0 Å². The summed E-state index contributed by atoms with van der Waals surface area (Å²) in [7, 11) is 0. The minimum atomic E-state index is -0.0903. The molecule has 26 heavy (non-hydrogen) atoms. The van der Waals surface area contributed by atoms with Gasteiger partial charge in [0.1, 0.15) is 10.7 Å². The topological polar surface area (TPSA) is 69.3 Å². The van der Waals surface area contributed by atoms with Gasteiger partial charge < -0.3 is 9.88 Å². The Labute approximate surface area is 155 Å². The van der Waals surface area contributed by atoms with Crippen molar-refractivity contribution in [3.63, 3.8) is 0 Å². The molecular formula is C19H20N4O2S. The maximum Gasteiger partial charge on any atom is 0.260 e. The van der Waals surface area contributed by atoms with Crippen LogP contribution in [-0.4, -0.2) is 51.9 Å². The Balaban J connectivity index is 1.57. The third-order valence-electron chi connectivity index (χ3n) is 4.77. The Morgan fingerprint density at radius 1 is 1.19 bits per heavy atom. The average molecular weight is 368 g/mol. The van der Waals surface area contributed by atoms with E-state index >= 15 is 0 Å². The highest BCUT2D eigenvalue weighted by Crippen LogP contribution is 2.30. The van der Waals surface area contributed by atoms with Crippen LogP contribution in [-0.2, 0) is 11.3 Å². The lowest BCUT2D eigenvalue weighted by atomic mass is 10.1. The molecule has 1 fully saturated rings. The molecule has 1 aliphatic rings. The maximum absolute atomic E-state index is 12.7. The lowest BCUT2D eigenvalue weighted by Gasteiger charge is -2.33. The molecule has 3 heterocycles. The smallest absolute Gasteiger partial charge is 0.260 e. The van der Waals surface area contributed by atoms with Crippen LogP contribution in [0.4, 0.5) is 0 Å². The highest BCUT2D eigenvalue weighted by molar-refractivity contribution is 7.17. The Morgan fingerprint density at radius 2 is 1.92 bits per heavy atom. The van der Waals surface area contributed by atoms with Gasteiger partial charge in [-0.15, -0.1) is 11.3 Å². The number of nitrogens with one attached hydrogen (secondary N) is 1. The molecule has 134 valence electrons. The molecule has 0 radical (unpaired) electrons. The van der Waals surface area contributed by atoms with Crippen molar-refractivity contribution in [1.82, 2.24) is 19.8 Å². The summed E-state index contributed by atoms with van der Waals surface area (Å²) in [5, 5.41) is 2.66. The molecule has 0 spiro atoms. The molecule has 1 N–H and O–H groups in total. The first-order valence-electron chi connectivity index (χ1n) is 8.65. The Bertz CT molecular complexity index is 988. The first kappa shape index (κ1) is 16.9. The van der Waals surface area contributed by atoms with Crippen LogP contribution in [0.25, 0.3) is 21.3 Å². The van der Waals surface area contributed by atoms with Gasteiger partial charge in [-0.3, -0.25) is 14.5 Å². The van der Waals surface area contributed by atoms with Gasteiger partial charge in [-0.05, 0) is 5.56 Å². The zero-order chi connectivity index (χ0) is 18.1. The quantitative estimate of drug-likeness (QED) is 0.770. The molecule has 1 aromatic carbocycles. The standard InChI is InChI=1S/C19H20N4O2S/c1-13(24)23-9-7-22(8-10-23)11-16-20-18(25)17-15(12-26-19(17)21-16)14-5-3-2-4-6-14/h2-6,12H,7-11H2,1H3,(H,20,21,25). The normalized spacial score (nSPS) is 15.5. The number of benzene rings is 1. The third-order valence-corrected chi connectivity index (χ3v) is 5.64. The zero-order valence-corrected chi connectivity index (χ0v) is 15.4. The number of piperazine rings is 1. The second-order valence-electron chi connectivity index (χ2n) is 6.49. The minimum absolute atomic E-state index is 0.0903. The van der Waals surface area contributed by atoms with Gasteiger partial charge in [0, 0.05) is 44.0 Å². The van der Waals surface area contributed by atoms with Crippen molar-refractivity contribution in [2.75, 3.05) is 26.2 Å². The number of hydrogen-bond acceptors (Lipinski definition) is 5. The van der Waals surface area contributed by atoms with Crippen molar-refractivity contribution >= 4 is 27.5 Å². The number of amides is 1. The maximum atomic E-state index is 12.7. The monoisotopic (exact) mass is 368 g/mol. The lowest BCUT2D eigenvalue weighted by molar-refractivity contribution is -0.130. The van der Waals surface area contributed by atoms with E-state index in [2.05, 4.69) is 14.9 Å². The fraction of sp³-hybridized carbons (Fsp3) is 0.316. The van der Waals surface area contributed by atoms with Gasteiger partial charge in [0.25, 0.3) is 5.56 Å². The molecule has 4 rings (SSSR count). The van der Waals surface area contributed by atoms with Gasteiger partial charge in [-0.2, -0.15) is 0 Å². The van der Waals surface area contributed by atoms with Crippen LogP contribution in [0.15, 0.2) is 40.5 Å². The molecule has 1 amide bonds. The van der Waals surface area contributed by atoms with Gasteiger partial charge in [-0.1, -0.05) is 30.3 Å².